The van der Waals surface area contributed by atoms with Crippen LogP contribution >= 0.6 is 0 Å². The van der Waals surface area contributed by atoms with Crippen molar-refractivity contribution in [1.82, 2.24) is 0 Å². The van der Waals surface area contributed by atoms with E-state index in [0.29, 0.717) is 17.7 Å². The Balaban J connectivity index is 2.85. The van der Waals surface area contributed by atoms with Gasteiger partial charge in [0.05, 0.1) is 11.3 Å². The van der Waals surface area contributed by atoms with Gasteiger partial charge in [0.15, 0.2) is 0 Å². The zero-order chi connectivity index (χ0) is 16.6. The van der Waals surface area contributed by atoms with Crippen LogP contribution < -0.4 is 5.73 Å². The van der Waals surface area contributed by atoms with Crippen LogP contribution in [0, 0.1) is 0 Å². The summed E-state index contributed by atoms with van der Waals surface area (Å²) >= 11 is 0. The van der Waals surface area contributed by atoms with Gasteiger partial charge < -0.3 is 15.7 Å². The number of hydrogen-bond donors (Lipinski definition) is 2. The number of rotatable bonds is 8. The van der Waals surface area contributed by atoms with Crippen molar-refractivity contribution in [2.24, 2.45) is 10.9 Å². The van der Waals surface area contributed by atoms with Gasteiger partial charge in [-0.25, -0.2) is 0 Å². The van der Waals surface area contributed by atoms with Crippen LogP contribution in [0.3, 0.4) is 0 Å². The highest BCUT2D eigenvalue weighted by atomic mass is 19.4. The van der Waals surface area contributed by atoms with Crippen LogP contribution in [0.15, 0.2) is 29.4 Å². The highest BCUT2D eigenvalue weighted by Gasteiger charge is 2.30. The van der Waals surface area contributed by atoms with E-state index in [1.807, 2.05) is 0 Å². The van der Waals surface area contributed by atoms with Crippen molar-refractivity contribution in [3.8, 4) is 0 Å². The number of halogens is 3. The first-order valence-corrected chi connectivity index (χ1v) is 6.63. The number of carbonyl (C=O) groups is 1. The molecule has 0 heterocycles. The molecule has 0 saturated heterocycles. The first-order valence-electron chi connectivity index (χ1n) is 6.63. The molecule has 22 heavy (non-hydrogen) atoms. The maximum atomic E-state index is 12.5. The van der Waals surface area contributed by atoms with E-state index in [-0.39, 0.29) is 26.0 Å². The maximum absolute atomic E-state index is 12.5. The van der Waals surface area contributed by atoms with Crippen molar-refractivity contribution in [1.29, 1.82) is 0 Å². The Morgan fingerprint density at radius 2 is 1.86 bits per heavy atom. The number of nitrogens with zero attached hydrogens (tertiary/aromatic N) is 1. The molecule has 0 aliphatic rings. The fourth-order valence-corrected chi connectivity index (χ4v) is 1.68. The lowest BCUT2D eigenvalue weighted by Crippen LogP contribution is -2.10. The van der Waals surface area contributed by atoms with E-state index in [9.17, 15) is 18.0 Å². The van der Waals surface area contributed by atoms with Crippen molar-refractivity contribution < 1.29 is 27.9 Å². The van der Waals surface area contributed by atoms with Crippen LogP contribution in [0.2, 0.25) is 0 Å². The van der Waals surface area contributed by atoms with E-state index in [1.54, 1.807) is 0 Å². The molecular weight excluding hydrogens is 301 g/mol. The van der Waals surface area contributed by atoms with Gasteiger partial charge in [-0.05, 0) is 30.5 Å². The molecule has 3 N–H and O–H groups in total. The molecule has 122 valence electrons. The van der Waals surface area contributed by atoms with Gasteiger partial charge in [-0.15, -0.1) is 0 Å². The van der Waals surface area contributed by atoms with E-state index in [1.165, 1.54) is 12.1 Å². The van der Waals surface area contributed by atoms with Crippen molar-refractivity contribution in [3.05, 3.63) is 35.4 Å². The van der Waals surface area contributed by atoms with E-state index >= 15 is 0 Å². The third-order valence-corrected chi connectivity index (χ3v) is 2.73. The molecule has 5 nitrogen and oxygen atoms in total. The number of nitrogens with two attached hydrogens (primary N) is 1. The maximum Gasteiger partial charge on any atom is 0.416 e. The number of carboxylic acid groups (broad SMARTS) is 1. The normalized spacial score (nSPS) is 12.3. The number of oxime groups is 1. The molecule has 0 aromatic heterocycles. The molecule has 1 aromatic carbocycles. The molecule has 1 rings (SSSR count). The molecule has 0 atom stereocenters. The number of carboxylic acids is 1. The van der Waals surface area contributed by atoms with Crippen LogP contribution in [-0.2, 0) is 15.8 Å². The van der Waals surface area contributed by atoms with Crippen LogP contribution in [-0.4, -0.2) is 29.9 Å². The molecule has 0 unspecified atom stereocenters. The second-order valence-corrected chi connectivity index (χ2v) is 4.48. The molecule has 8 heteroatoms. The van der Waals surface area contributed by atoms with E-state index in [4.69, 9.17) is 15.7 Å². The number of alkyl halides is 3. The van der Waals surface area contributed by atoms with Gasteiger partial charge in [0.25, 0.3) is 0 Å². The smallest absolute Gasteiger partial charge is 0.416 e. The summed E-state index contributed by atoms with van der Waals surface area (Å²) in [6.45, 7) is 0.419. The van der Waals surface area contributed by atoms with E-state index in [2.05, 4.69) is 5.16 Å². The monoisotopic (exact) mass is 318 g/mol. The van der Waals surface area contributed by atoms with Gasteiger partial charge in [0, 0.05) is 13.0 Å². The first-order chi connectivity index (χ1) is 10.3. The Morgan fingerprint density at radius 1 is 1.23 bits per heavy atom. The number of aliphatic carboxylic acids is 1. The largest absolute Gasteiger partial charge is 0.481 e. The molecule has 1 aromatic rings. The van der Waals surface area contributed by atoms with Crippen molar-refractivity contribution in [2.75, 3.05) is 13.2 Å². The van der Waals surface area contributed by atoms with E-state index in [0.717, 1.165) is 12.1 Å². The standard InChI is InChI=1S/C14H17F3N2O3/c15-14(16,17)11-6-4-10(5-7-11)12(19-22-9-8-18)2-1-3-13(20)21/h4-7H,1-3,8-9,18H2,(H,20,21)/b19-12+. The Bertz CT molecular complexity index is 513. The average molecular weight is 318 g/mol. The highest BCUT2D eigenvalue weighted by molar-refractivity contribution is 6.00. The van der Waals surface area contributed by atoms with Gasteiger partial charge in [-0.1, -0.05) is 17.3 Å². The lowest BCUT2D eigenvalue weighted by molar-refractivity contribution is -0.138. The Morgan fingerprint density at radius 3 is 2.36 bits per heavy atom. The molecular formula is C14H17F3N2O3. The molecule has 0 radical (unpaired) electrons. The summed E-state index contributed by atoms with van der Waals surface area (Å²) < 4.78 is 37.6. The molecule has 0 bridgehead atoms. The number of benzene rings is 1. The van der Waals surface area contributed by atoms with Crippen molar-refractivity contribution >= 4 is 11.7 Å². The Kier molecular flexibility index (Phi) is 6.84. The summed E-state index contributed by atoms with van der Waals surface area (Å²) in [4.78, 5) is 15.5. The highest BCUT2D eigenvalue weighted by Crippen LogP contribution is 2.29. The third kappa shape index (κ3) is 6.13. The Labute approximate surface area is 125 Å². The fourth-order valence-electron chi connectivity index (χ4n) is 1.68. The van der Waals surface area contributed by atoms with Crippen LogP contribution in [0.1, 0.15) is 30.4 Å². The minimum absolute atomic E-state index is 0.0590. The summed E-state index contributed by atoms with van der Waals surface area (Å²) in [5, 5.41) is 12.5. The lowest BCUT2D eigenvalue weighted by Gasteiger charge is -2.09. The predicted octanol–water partition coefficient (Wildman–Crippen LogP) is 2.64. The summed E-state index contributed by atoms with van der Waals surface area (Å²) in [5.74, 6) is -0.949. The number of hydrogen-bond acceptors (Lipinski definition) is 4. The summed E-state index contributed by atoms with van der Waals surface area (Å²) in [6.07, 6.45) is -3.88. The quantitative estimate of drug-likeness (QED) is 0.438. The predicted molar refractivity (Wildman–Crippen MR) is 74.5 cm³/mol. The SMILES string of the molecule is NCCO/N=C(\CCCC(=O)O)c1ccc(C(F)(F)F)cc1. The molecule has 0 amide bonds. The van der Waals surface area contributed by atoms with Gasteiger partial charge >= 0.3 is 12.1 Å². The van der Waals surface area contributed by atoms with Crippen LogP contribution in [0.5, 0.6) is 0 Å². The fraction of sp³-hybridized carbons (Fsp3) is 0.429. The molecule has 0 aliphatic heterocycles. The first kappa shape index (κ1) is 18.0. The third-order valence-electron chi connectivity index (χ3n) is 2.73. The minimum atomic E-state index is -4.41. The Hall–Kier alpha value is -2.09. The zero-order valence-corrected chi connectivity index (χ0v) is 11.8. The molecule has 0 spiro atoms. The minimum Gasteiger partial charge on any atom is -0.481 e. The van der Waals surface area contributed by atoms with Crippen LogP contribution in [0.25, 0.3) is 0 Å². The average Bonchev–Trinajstić information content (AvgIpc) is 2.45. The van der Waals surface area contributed by atoms with Gasteiger partial charge in [0.2, 0.25) is 0 Å². The summed E-state index contributed by atoms with van der Waals surface area (Å²) in [5.41, 5.74) is 5.35. The zero-order valence-electron chi connectivity index (χ0n) is 11.8. The topological polar surface area (TPSA) is 84.9 Å². The van der Waals surface area contributed by atoms with E-state index < -0.39 is 17.7 Å². The molecule has 0 saturated carbocycles. The second kappa shape index (κ2) is 8.38. The molecule has 0 aliphatic carbocycles. The lowest BCUT2D eigenvalue weighted by atomic mass is 10.0. The van der Waals surface area contributed by atoms with Crippen LogP contribution in [0.4, 0.5) is 13.2 Å². The van der Waals surface area contributed by atoms with Crippen molar-refractivity contribution in [3.63, 3.8) is 0 Å². The summed E-state index contributed by atoms with van der Waals surface area (Å²) in [7, 11) is 0. The molecule has 0 fully saturated rings. The van der Waals surface area contributed by atoms with Gasteiger partial charge in [0.1, 0.15) is 6.61 Å². The second-order valence-electron chi connectivity index (χ2n) is 4.48. The van der Waals surface area contributed by atoms with Gasteiger partial charge in [-0.3, -0.25) is 4.79 Å². The van der Waals surface area contributed by atoms with Gasteiger partial charge in [-0.2, -0.15) is 13.2 Å². The van der Waals surface area contributed by atoms with Crippen molar-refractivity contribution in [2.45, 2.75) is 25.4 Å². The summed E-state index contributed by atoms with van der Waals surface area (Å²) in [6, 6.07) is 4.47.